The summed E-state index contributed by atoms with van der Waals surface area (Å²) in [5.74, 6) is -1.40. The summed E-state index contributed by atoms with van der Waals surface area (Å²) in [6.45, 7) is 8.68. The van der Waals surface area contributed by atoms with Crippen molar-refractivity contribution in [1.82, 2.24) is 15.1 Å². The van der Waals surface area contributed by atoms with Crippen molar-refractivity contribution in [3.63, 3.8) is 0 Å². The van der Waals surface area contributed by atoms with Gasteiger partial charge >= 0.3 is 11.8 Å². The molecule has 3 N–H and O–H groups in total. The average Bonchev–Trinajstić information content (AvgIpc) is 3.00. The van der Waals surface area contributed by atoms with Crippen LogP contribution in [0.2, 0.25) is 0 Å². The SMILES string of the molecule is CC(C)n1ncc2cc(NC(=O)C(=O)NCC3(CO)CC(C)(C)C3)ccc21. The second-order valence-corrected chi connectivity index (χ2v) is 8.77. The predicted octanol–water partition coefficient (Wildman–Crippen LogP) is 2.47. The molecule has 0 bridgehead atoms. The van der Waals surface area contributed by atoms with Gasteiger partial charge in [-0.05, 0) is 50.3 Å². The van der Waals surface area contributed by atoms with Crippen molar-refractivity contribution in [2.24, 2.45) is 10.8 Å². The Bertz CT molecular complexity index is 861. The minimum Gasteiger partial charge on any atom is -0.396 e. The molecule has 1 aliphatic rings. The van der Waals surface area contributed by atoms with Gasteiger partial charge in [0, 0.05) is 29.1 Å². The minimum absolute atomic E-state index is 0.00877. The summed E-state index contributed by atoms with van der Waals surface area (Å²) < 4.78 is 1.90. The number of amides is 2. The fourth-order valence-corrected chi connectivity index (χ4v) is 4.35. The Morgan fingerprint density at radius 3 is 2.56 bits per heavy atom. The van der Waals surface area contributed by atoms with Crippen LogP contribution in [0, 0.1) is 10.8 Å². The van der Waals surface area contributed by atoms with E-state index in [2.05, 4.69) is 43.4 Å². The van der Waals surface area contributed by atoms with E-state index >= 15 is 0 Å². The van der Waals surface area contributed by atoms with Crippen molar-refractivity contribution in [2.75, 3.05) is 18.5 Å². The summed E-state index contributed by atoms with van der Waals surface area (Å²) in [5, 5.41) is 20.2. The van der Waals surface area contributed by atoms with Crippen LogP contribution in [0.1, 0.15) is 46.6 Å². The number of anilines is 1. The molecular formula is C20H28N4O3. The molecular weight excluding hydrogens is 344 g/mol. The number of fused-ring (bicyclic) bond motifs is 1. The molecule has 2 aromatic rings. The van der Waals surface area contributed by atoms with Gasteiger partial charge < -0.3 is 15.7 Å². The Morgan fingerprint density at radius 1 is 1.26 bits per heavy atom. The van der Waals surface area contributed by atoms with E-state index < -0.39 is 11.8 Å². The van der Waals surface area contributed by atoms with E-state index in [9.17, 15) is 14.7 Å². The average molecular weight is 372 g/mol. The number of benzene rings is 1. The molecule has 1 heterocycles. The van der Waals surface area contributed by atoms with Crippen LogP contribution >= 0.6 is 0 Å². The maximum absolute atomic E-state index is 12.2. The molecule has 1 aliphatic carbocycles. The Balaban J connectivity index is 1.60. The van der Waals surface area contributed by atoms with E-state index in [0.29, 0.717) is 12.2 Å². The molecule has 3 rings (SSSR count). The van der Waals surface area contributed by atoms with Gasteiger partial charge in [0.25, 0.3) is 0 Å². The zero-order chi connectivity index (χ0) is 19.8. The summed E-state index contributed by atoms with van der Waals surface area (Å²) in [6.07, 6.45) is 3.40. The molecule has 0 saturated heterocycles. The van der Waals surface area contributed by atoms with Gasteiger partial charge in [-0.15, -0.1) is 0 Å². The first kappa shape index (κ1) is 19.4. The van der Waals surface area contributed by atoms with Gasteiger partial charge in [0.1, 0.15) is 0 Å². The van der Waals surface area contributed by atoms with E-state index in [1.165, 1.54) is 0 Å². The Morgan fingerprint density at radius 2 is 1.96 bits per heavy atom. The van der Waals surface area contributed by atoms with E-state index in [1.807, 2.05) is 10.7 Å². The maximum atomic E-state index is 12.2. The number of hydrogen-bond acceptors (Lipinski definition) is 4. The molecule has 1 fully saturated rings. The smallest absolute Gasteiger partial charge is 0.313 e. The normalized spacial score (nSPS) is 17.6. The third kappa shape index (κ3) is 3.98. The second-order valence-electron chi connectivity index (χ2n) is 8.77. The fourth-order valence-electron chi connectivity index (χ4n) is 4.35. The lowest BCUT2D eigenvalue weighted by molar-refractivity contribution is -0.137. The molecule has 2 amide bonds. The van der Waals surface area contributed by atoms with E-state index in [1.54, 1.807) is 18.3 Å². The maximum Gasteiger partial charge on any atom is 0.313 e. The number of aliphatic hydroxyl groups is 1. The van der Waals surface area contributed by atoms with Gasteiger partial charge in [0.2, 0.25) is 0 Å². The van der Waals surface area contributed by atoms with Crippen LogP contribution in [-0.4, -0.2) is 39.9 Å². The number of carbonyl (C=O) groups excluding carboxylic acids is 2. The highest BCUT2D eigenvalue weighted by molar-refractivity contribution is 6.39. The van der Waals surface area contributed by atoms with E-state index in [-0.39, 0.29) is 23.5 Å². The lowest BCUT2D eigenvalue weighted by atomic mass is 9.54. The van der Waals surface area contributed by atoms with Gasteiger partial charge in [-0.2, -0.15) is 5.10 Å². The molecule has 0 atom stereocenters. The molecule has 1 aromatic carbocycles. The van der Waals surface area contributed by atoms with Crippen LogP contribution in [0.5, 0.6) is 0 Å². The van der Waals surface area contributed by atoms with Gasteiger partial charge in [0.15, 0.2) is 0 Å². The highest BCUT2D eigenvalue weighted by atomic mass is 16.3. The lowest BCUT2D eigenvalue weighted by Crippen LogP contribution is -2.53. The number of carbonyl (C=O) groups is 2. The fraction of sp³-hybridized carbons (Fsp3) is 0.550. The summed E-state index contributed by atoms with van der Waals surface area (Å²) >= 11 is 0. The van der Waals surface area contributed by atoms with Crippen LogP contribution in [0.25, 0.3) is 10.9 Å². The number of aromatic nitrogens is 2. The molecule has 0 unspecified atom stereocenters. The Kier molecular flexibility index (Phi) is 4.99. The number of rotatable bonds is 5. The highest BCUT2D eigenvalue weighted by Gasteiger charge is 2.48. The van der Waals surface area contributed by atoms with Crippen molar-refractivity contribution < 1.29 is 14.7 Å². The highest BCUT2D eigenvalue weighted by Crippen LogP contribution is 2.53. The van der Waals surface area contributed by atoms with Crippen LogP contribution in [0.4, 0.5) is 5.69 Å². The zero-order valence-electron chi connectivity index (χ0n) is 16.4. The lowest BCUT2D eigenvalue weighted by Gasteiger charge is -2.52. The third-order valence-corrected chi connectivity index (χ3v) is 5.22. The molecule has 1 saturated carbocycles. The van der Waals surface area contributed by atoms with Crippen molar-refractivity contribution >= 4 is 28.4 Å². The zero-order valence-corrected chi connectivity index (χ0v) is 16.4. The van der Waals surface area contributed by atoms with Gasteiger partial charge in [0.05, 0.1) is 18.3 Å². The predicted molar refractivity (Wildman–Crippen MR) is 104 cm³/mol. The molecule has 7 nitrogen and oxygen atoms in total. The first-order valence-corrected chi connectivity index (χ1v) is 9.32. The van der Waals surface area contributed by atoms with Crippen molar-refractivity contribution in [3.05, 3.63) is 24.4 Å². The Labute approximate surface area is 159 Å². The van der Waals surface area contributed by atoms with Gasteiger partial charge in [-0.1, -0.05) is 13.8 Å². The monoisotopic (exact) mass is 372 g/mol. The summed E-state index contributed by atoms with van der Waals surface area (Å²) in [4.78, 5) is 24.3. The van der Waals surface area contributed by atoms with Crippen molar-refractivity contribution in [2.45, 2.75) is 46.6 Å². The standard InChI is InChI=1S/C20H28N4O3/c1-13(2)24-16-6-5-15(7-14(16)8-22-24)23-18(27)17(26)21-11-20(12-25)9-19(3,4)10-20/h5-8,13,25H,9-12H2,1-4H3,(H,21,26)(H,23,27). The molecule has 7 heteroatoms. The molecule has 0 radical (unpaired) electrons. The van der Waals surface area contributed by atoms with Crippen LogP contribution in [-0.2, 0) is 9.59 Å². The first-order chi connectivity index (χ1) is 12.6. The first-order valence-electron chi connectivity index (χ1n) is 9.32. The number of hydrogen-bond donors (Lipinski definition) is 3. The van der Waals surface area contributed by atoms with E-state index in [4.69, 9.17) is 0 Å². The molecule has 27 heavy (non-hydrogen) atoms. The summed E-state index contributed by atoms with van der Waals surface area (Å²) in [6, 6.07) is 5.69. The van der Waals surface area contributed by atoms with Gasteiger partial charge in [-0.25, -0.2) is 0 Å². The Hall–Kier alpha value is -2.41. The van der Waals surface area contributed by atoms with E-state index in [0.717, 1.165) is 23.7 Å². The number of nitrogens with zero attached hydrogens (tertiary/aromatic N) is 2. The molecule has 146 valence electrons. The minimum atomic E-state index is -0.711. The van der Waals surface area contributed by atoms with Crippen LogP contribution in [0.3, 0.4) is 0 Å². The van der Waals surface area contributed by atoms with Gasteiger partial charge in [-0.3, -0.25) is 14.3 Å². The number of nitrogens with one attached hydrogen (secondary N) is 2. The molecule has 0 spiro atoms. The van der Waals surface area contributed by atoms with Crippen LogP contribution in [0.15, 0.2) is 24.4 Å². The quantitative estimate of drug-likeness (QED) is 0.703. The largest absolute Gasteiger partial charge is 0.396 e. The summed E-state index contributed by atoms with van der Waals surface area (Å²) in [7, 11) is 0. The second kappa shape index (κ2) is 6.96. The third-order valence-electron chi connectivity index (χ3n) is 5.22. The molecule has 1 aromatic heterocycles. The number of aliphatic hydroxyl groups excluding tert-OH is 1. The van der Waals surface area contributed by atoms with Crippen molar-refractivity contribution in [1.29, 1.82) is 0 Å². The summed E-state index contributed by atoms with van der Waals surface area (Å²) in [5.41, 5.74) is 1.38. The van der Waals surface area contributed by atoms with Crippen LogP contribution < -0.4 is 10.6 Å². The topological polar surface area (TPSA) is 96.2 Å². The molecule has 0 aliphatic heterocycles. The van der Waals surface area contributed by atoms with Crippen molar-refractivity contribution in [3.8, 4) is 0 Å².